The summed E-state index contributed by atoms with van der Waals surface area (Å²) >= 11 is 4.64. The maximum Gasteiger partial charge on any atom is 0.0739 e. The van der Waals surface area contributed by atoms with E-state index >= 15 is 0 Å². The Morgan fingerprint density at radius 2 is 1.57 bits per heavy atom. The Hall–Kier alpha value is -1.06. The molecule has 2 fully saturated rings. The molecule has 0 aromatic heterocycles. The van der Waals surface area contributed by atoms with Crippen molar-refractivity contribution in [2.24, 2.45) is 10.9 Å². The highest BCUT2D eigenvalue weighted by Gasteiger charge is 2.23. The van der Waals surface area contributed by atoms with Gasteiger partial charge in [-0.05, 0) is 81.3 Å². The van der Waals surface area contributed by atoms with Gasteiger partial charge in [-0.3, -0.25) is 0 Å². The second-order valence-electron chi connectivity index (χ2n) is 6.25. The highest BCUT2D eigenvalue weighted by atomic mass is 32.1. The van der Waals surface area contributed by atoms with E-state index in [0.717, 1.165) is 18.0 Å². The predicted octanol–water partition coefficient (Wildman–Crippen LogP) is 2.99. The zero-order valence-corrected chi connectivity index (χ0v) is 13.3. The Morgan fingerprint density at radius 3 is 2.00 bits per heavy atom. The van der Waals surface area contributed by atoms with Crippen LogP contribution in [0.1, 0.15) is 18.4 Å². The van der Waals surface area contributed by atoms with Crippen LogP contribution in [0, 0.1) is 5.92 Å². The third-order valence-corrected chi connectivity index (χ3v) is 4.66. The monoisotopic (exact) mass is 301 g/mol. The molecule has 0 radical (unpaired) electrons. The van der Waals surface area contributed by atoms with Crippen molar-refractivity contribution in [3.05, 3.63) is 29.8 Å². The van der Waals surface area contributed by atoms with E-state index in [1.165, 1.54) is 57.7 Å². The molecule has 0 amide bonds. The first-order valence-electron chi connectivity index (χ1n) is 7.95. The van der Waals surface area contributed by atoms with E-state index in [1.807, 2.05) is 12.1 Å². The lowest BCUT2D eigenvalue weighted by molar-refractivity contribution is 0.103. The van der Waals surface area contributed by atoms with Crippen molar-refractivity contribution in [1.29, 1.82) is 0 Å². The lowest BCUT2D eigenvalue weighted by Gasteiger charge is -2.38. The van der Waals surface area contributed by atoms with E-state index in [4.69, 9.17) is 0 Å². The van der Waals surface area contributed by atoms with Gasteiger partial charge in [0.15, 0.2) is 0 Å². The van der Waals surface area contributed by atoms with Gasteiger partial charge in [0.05, 0.1) is 10.8 Å². The molecular weight excluding hydrogens is 278 g/mol. The zero-order chi connectivity index (χ0) is 14.5. The number of nitrogens with zero attached hydrogens (tertiary/aromatic N) is 3. The molecule has 2 heterocycles. The SMILES string of the molecule is S=C=Nc1ccc(CC(CN2CCC2)CN2CCC2)cc1. The average Bonchev–Trinajstić information content (AvgIpc) is 2.40. The fourth-order valence-electron chi connectivity index (χ4n) is 3.14. The van der Waals surface area contributed by atoms with Crippen molar-refractivity contribution in [2.75, 3.05) is 39.3 Å². The van der Waals surface area contributed by atoms with Crippen LogP contribution in [0.25, 0.3) is 0 Å². The van der Waals surface area contributed by atoms with Crippen molar-refractivity contribution in [3.8, 4) is 0 Å². The third-order valence-electron chi connectivity index (χ3n) is 4.57. The van der Waals surface area contributed by atoms with Gasteiger partial charge in [0.1, 0.15) is 0 Å². The second-order valence-corrected chi connectivity index (χ2v) is 6.43. The summed E-state index contributed by atoms with van der Waals surface area (Å²) in [6.45, 7) is 7.65. The Morgan fingerprint density at radius 1 is 1.00 bits per heavy atom. The van der Waals surface area contributed by atoms with Gasteiger partial charge >= 0.3 is 0 Å². The number of benzene rings is 1. The van der Waals surface area contributed by atoms with Gasteiger partial charge < -0.3 is 9.80 Å². The minimum atomic E-state index is 0.741. The van der Waals surface area contributed by atoms with Crippen LogP contribution in [0.5, 0.6) is 0 Å². The fraction of sp³-hybridized carbons (Fsp3) is 0.588. The molecule has 1 aromatic carbocycles. The largest absolute Gasteiger partial charge is 0.303 e. The van der Waals surface area contributed by atoms with Crippen molar-refractivity contribution >= 4 is 23.1 Å². The molecular formula is C17H23N3S. The van der Waals surface area contributed by atoms with Crippen LogP contribution in [-0.2, 0) is 6.42 Å². The Labute approximate surface area is 132 Å². The maximum atomic E-state index is 4.64. The van der Waals surface area contributed by atoms with Crippen LogP contribution < -0.4 is 0 Å². The fourth-order valence-corrected chi connectivity index (χ4v) is 3.24. The molecule has 112 valence electrons. The van der Waals surface area contributed by atoms with Crippen LogP contribution in [-0.4, -0.2) is 54.2 Å². The second kappa shape index (κ2) is 7.28. The van der Waals surface area contributed by atoms with Gasteiger partial charge in [-0.15, -0.1) is 0 Å². The Bertz CT molecular complexity index is 483. The maximum absolute atomic E-state index is 4.64. The number of rotatable bonds is 7. The molecule has 0 N–H and O–H groups in total. The molecule has 2 aliphatic heterocycles. The van der Waals surface area contributed by atoms with Gasteiger partial charge in [0, 0.05) is 13.1 Å². The number of likely N-dealkylation sites (tertiary alicyclic amines) is 2. The Kier molecular flexibility index (Phi) is 5.15. The third kappa shape index (κ3) is 4.21. The minimum absolute atomic E-state index is 0.741. The molecule has 3 rings (SSSR count). The van der Waals surface area contributed by atoms with E-state index in [0.29, 0.717) is 0 Å². The number of hydrogen-bond acceptors (Lipinski definition) is 4. The van der Waals surface area contributed by atoms with Crippen LogP contribution >= 0.6 is 12.2 Å². The molecule has 0 atom stereocenters. The van der Waals surface area contributed by atoms with E-state index < -0.39 is 0 Å². The Balaban J connectivity index is 1.59. The van der Waals surface area contributed by atoms with Crippen molar-refractivity contribution in [1.82, 2.24) is 9.80 Å². The normalized spacial score (nSPS) is 18.9. The number of thiocarbonyl (C=S) groups is 1. The molecule has 0 aliphatic carbocycles. The van der Waals surface area contributed by atoms with Crippen LogP contribution in [0.3, 0.4) is 0 Å². The van der Waals surface area contributed by atoms with Crippen molar-refractivity contribution in [2.45, 2.75) is 19.3 Å². The number of hydrogen-bond donors (Lipinski definition) is 0. The molecule has 0 spiro atoms. The summed E-state index contributed by atoms with van der Waals surface area (Å²) in [6, 6.07) is 8.45. The first-order chi connectivity index (χ1) is 10.3. The quantitative estimate of drug-likeness (QED) is 0.570. The predicted molar refractivity (Wildman–Crippen MR) is 90.4 cm³/mol. The van der Waals surface area contributed by atoms with Gasteiger partial charge in [-0.25, -0.2) is 0 Å². The van der Waals surface area contributed by atoms with Gasteiger partial charge in [-0.2, -0.15) is 4.99 Å². The van der Waals surface area contributed by atoms with Gasteiger partial charge in [0.2, 0.25) is 0 Å². The minimum Gasteiger partial charge on any atom is -0.303 e. The van der Waals surface area contributed by atoms with Crippen LogP contribution in [0.4, 0.5) is 5.69 Å². The lowest BCUT2D eigenvalue weighted by atomic mass is 9.95. The summed E-state index contributed by atoms with van der Waals surface area (Å²) in [5, 5.41) is 2.42. The molecule has 0 saturated carbocycles. The molecule has 0 bridgehead atoms. The molecule has 2 aliphatic rings. The summed E-state index contributed by atoms with van der Waals surface area (Å²) in [5.74, 6) is 0.741. The van der Waals surface area contributed by atoms with Crippen LogP contribution in [0.2, 0.25) is 0 Å². The topological polar surface area (TPSA) is 18.8 Å². The molecule has 21 heavy (non-hydrogen) atoms. The molecule has 1 aromatic rings. The zero-order valence-electron chi connectivity index (χ0n) is 12.5. The van der Waals surface area contributed by atoms with Gasteiger partial charge in [-0.1, -0.05) is 12.1 Å². The summed E-state index contributed by atoms with van der Waals surface area (Å²) in [4.78, 5) is 9.20. The number of aliphatic imine (C=N–C) groups is 1. The molecule has 4 heteroatoms. The van der Waals surface area contributed by atoms with Gasteiger partial charge in [0.25, 0.3) is 0 Å². The number of isothiocyanates is 1. The molecule has 0 unspecified atom stereocenters. The van der Waals surface area contributed by atoms with E-state index in [-0.39, 0.29) is 0 Å². The smallest absolute Gasteiger partial charge is 0.0739 e. The summed E-state index contributed by atoms with van der Waals surface area (Å²) < 4.78 is 0. The molecule has 2 saturated heterocycles. The lowest BCUT2D eigenvalue weighted by Crippen LogP contribution is -2.46. The first kappa shape index (κ1) is 14.9. The van der Waals surface area contributed by atoms with E-state index in [9.17, 15) is 0 Å². The standard InChI is InChI=1S/C17H23N3S/c21-14-18-17-5-3-15(4-6-17)11-16(12-19-7-1-8-19)13-20-9-2-10-20/h3-6,16H,1-2,7-13H2. The summed E-state index contributed by atoms with van der Waals surface area (Å²) in [7, 11) is 0. The highest BCUT2D eigenvalue weighted by molar-refractivity contribution is 7.78. The molecule has 3 nitrogen and oxygen atoms in total. The van der Waals surface area contributed by atoms with Crippen molar-refractivity contribution < 1.29 is 0 Å². The van der Waals surface area contributed by atoms with E-state index in [2.05, 4.69) is 44.3 Å². The van der Waals surface area contributed by atoms with E-state index in [1.54, 1.807) is 0 Å². The first-order valence-corrected chi connectivity index (χ1v) is 8.36. The summed E-state index contributed by atoms with van der Waals surface area (Å²) in [6.07, 6.45) is 3.91. The van der Waals surface area contributed by atoms with Crippen LogP contribution in [0.15, 0.2) is 29.3 Å². The van der Waals surface area contributed by atoms with Crippen molar-refractivity contribution in [3.63, 3.8) is 0 Å². The summed E-state index contributed by atoms with van der Waals surface area (Å²) in [5.41, 5.74) is 2.31. The highest BCUT2D eigenvalue weighted by Crippen LogP contribution is 2.20. The average molecular weight is 301 g/mol.